The van der Waals surface area contributed by atoms with E-state index in [9.17, 15) is 4.79 Å². The van der Waals surface area contributed by atoms with Crippen LogP contribution in [0.2, 0.25) is 0 Å². The molecule has 130 valence electrons. The van der Waals surface area contributed by atoms with Gasteiger partial charge in [-0.2, -0.15) is 0 Å². The van der Waals surface area contributed by atoms with Gasteiger partial charge in [0.1, 0.15) is 11.2 Å². The molecule has 5 rings (SSSR count). The van der Waals surface area contributed by atoms with Crippen LogP contribution in [0.5, 0.6) is 0 Å². The van der Waals surface area contributed by atoms with Crippen LogP contribution in [0.3, 0.4) is 0 Å². The summed E-state index contributed by atoms with van der Waals surface area (Å²) in [4.78, 5) is 26.7. The van der Waals surface area contributed by atoms with Gasteiger partial charge in [0.25, 0.3) is 0 Å². The molecule has 1 saturated heterocycles. The van der Waals surface area contributed by atoms with Crippen molar-refractivity contribution in [2.24, 2.45) is 0 Å². The number of likely N-dealkylation sites (tertiary alicyclic amines) is 1. The van der Waals surface area contributed by atoms with Crippen molar-refractivity contribution in [3.63, 3.8) is 0 Å². The third-order valence-corrected chi connectivity index (χ3v) is 5.22. The molecule has 1 atom stereocenters. The third-order valence-electron chi connectivity index (χ3n) is 5.22. The van der Waals surface area contributed by atoms with Gasteiger partial charge in [0, 0.05) is 37.1 Å². The van der Waals surface area contributed by atoms with Crippen LogP contribution in [-0.4, -0.2) is 36.9 Å². The summed E-state index contributed by atoms with van der Waals surface area (Å²) in [6.07, 6.45) is 6.97. The maximum Gasteiger partial charge on any atom is 0.224 e. The summed E-state index contributed by atoms with van der Waals surface area (Å²) in [5, 5.41) is 1.05. The molecule has 0 radical (unpaired) electrons. The van der Waals surface area contributed by atoms with E-state index in [1.807, 2.05) is 41.7 Å². The lowest BCUT2D eigenvalue weighted by Gasteiger charge is -2.32. The molecule has 1 N–H and O–H groups in total. The number of aromatic nitrogens is 4. The minimum atomic E-state index is 0.139. The number of H-pyrrole nitrogens is 1. The number of amides is 1. The minimum absolute atomic E-state index is 0.139. The van der Waals surface area contributed by atoms with Crippen molar-refractivity contribution in [1.82, 2.24) is 24.4 Å². The highest BCUT2D eigenvalue weighted by molar-refractivity contribution is 6.01. The summed E-state index contributed by atoms with van der Waals surface area (Å²) in [5.41, 5.74) is 3.96. The SMILES string of the molecule is O=C1CC(n2cnc3cnc4[nH]ccc4c32)CCN1Cc1ccccc1. The predicted octanol–water partition coefficient (Wildman–Crippen LogP) is 3.28. The van der Waals surface area contributed by atoms with E-state index < -0.39 is 0 Å². The average molecular weight is 345 g/mol. The van der Waals surface area contributed by atoms with E-state index >= 15 is 0 Å². The smallest absolute Gasteiger partial charge is 0.224 e. The van der Waals surface area contributed by atoms with Crippen molar-refractivity contribution in [3.05, 3.63) is 60.7 Å². The Balaban J connectivity index is 1.42. The number of carbonyl (C=O) groups excluding carboxylic acids is 1. The van der Waals surface area contributed by atoms with E-state index in [4.69, 9.17) is 0 Å². The Morgan fingerprint density at radius 1 is 1.15 bits per heavy atom. The molecule has 1 aliphatic rings. The number of nitrogens with one attached hydrogen (secondary N) is 1. The molecular formula is C20H19N5O. The Morgan fingerprint density at radius 2 is 2.04 bits per heavy atom. The molecular weight excluding hydrogens is 326 g/mol. The van der Waals surface area contributed by atoms with E-state index in [1.54, 1.807) is 6.20 Å². The molecule has 0 spiro atoms. The number of rotatable bonds is 3. The number of benzene rings is 1. The van der Waals surface area contributed by atoms with Gasteiger partial charge in [0.2, 0.25) is 5.91 Å². The number of hydrogen-bond acceptors (Lipinski definition) is 3. The van der Waals surface area contributed by atoms with Crippen molar-refractivity contribution < 1.29 is 4.79 Å². The number of fused-ring (bicyclic) bond motifs is 3. The van der Waals surface area contributed by atoms with Gasteiger partial charge in [-0.1, -0.05) is 30.3 Å². The number of hydrogen-bond donors (Lipinski definition) is 1. The Labute approximate surface area is 150 Å². The molecule has 3 aromatic heterocycles. The number of piperidine rings is 1. The maximum atomic E-state index is 12.7. The van der Waals surface area contributed by atoms with Crippen LogP contribution < -0.4 is 0 Å². The molecule has 0 aliphatic carbocycles. The zero-order chi connectivity index (χ0) is 17.5. The quantitative estimate of drug-likeness (QED) is 0.620. The minimum Gasteiger partial charge on any atom is -0.346 e. The molecule has 4 aromatic rings. The standard InChI is InChI=1S/C20H19N5O/c26-18-10-15(7-9-24(18)12-14-4-2-1-3-5-14)25-13-23-17-11-22-20-16(19(17)25)6-8-21-20/h1-6,8,11,13,15H,7,9-10,12H2,(H,21,22). The first kappa shape index (κ1) is 15.1. The van der Waals surface area contributed by atoms with Gasteiger partial charge in [-0.15, -0.1) is 0 Å². The highest BCUT2D eigenvalue weighted by Gasteiger charge is 2.28. The van der Waals surface area contributed by atoms with E-state index in [0.29, 0.717) is 13.0 Å². The van der Waals surface area contributed by atoms with Gasteiger partial charge in [-0.25, -0.2) is 9.97 Å². The lowest BCUT2D eigenvalue weighted by atomic mass is 10.0. The molecule has 26 heavy (non-hydrogen) atoms. The van der Waals surface area contributed by atoms with Gasteiger partial charge in [0.15, 0.2) is 0 Å². The summed E-state index contributed by atoms with van der Waals surface area (Å²) < 4.78 is 2.16. The molecule has 4 heterocycles. The largest absolute Gasteiger partial charge is 0.346 e. The highest BCUT2D eigenvalue weighted by Crippen LogP contribution is 2.30. The van der Waals surface area contributed by atoms with Crippen molar-refractivity contribution in [2.45, 2.75) is 25.4 Å². The summed E-state index contributed by atoms with van der Waals surface area (Å²) >= 11 is 0. The highest BCUT2D eigenvalue weighted by atomic mass is 16.2. The molecule has 1 aliphatic heterocycles. The van der Waals surface area contributed by atoms with E-state index in [2.05, 4.69) is 31.7 Å². The molecule has 6 nitrogen and oxygen atoms in total. The first-order valence-electron chi connectivity index (χ1n) is 8.90. The first-order valence-corrected chi connectivity index (χ1v) is 8.90. The molecule has 1 amide bonds. The fourth-order valence-corrected chi connectivity index (χ4v) is 3.88. The molecule has 0 bridgehead atoms. The molecule has 0 saturated carbocycles. The number of nitrogens with zero attached hydrogens (tertiary/aromatic N) is 4. The zero-order valence-corrected chi connectivity index (χ0v) is 14.3. The lowest BCUT2D eigenvalue weighted by molar-refractivity contribution is -0.135. The molecule has 1 unspecified atom stereocenters. The third kappa shape index (κ3) is 2.45. The van der Waals surface area contributed by atoms with Crippen LogP contribution in [0, 0.1) is 0 Å². The van der Waals surface area contributed by atoms with Crippen molar-refractivity contribution >= 4 is 28.0 Å². The van der Waals surface area contributed by atoms with E-state index in [1.165, 1.54) is 5.56 Å². The fourth-order valence-electron chi connectivity index (χ4n) is 3.88. The van der Waals surface area contributed by atoms with Gasteiger partial charge in [-0.05, 0) is 18.1 Å². The van der Waals surface area contributed by atoms with Gasteiger partial charge in [0.05, 0.1) is 18.0 Å². The van der Waals surface area contributed by atoms with Gasteiger partial charge >= 0.3 is 0 Å². The van der Waals surface area contributed by atoms with E-state index in [0.717, 1.165) is 35.0 Å². The second kappa shape index (κ2) is 5.98. The predicted molar refractivity (Wildman–Crippen MR) is 99.5 cm³/mol. The fraction of sp³-hybridized carbons (Fsp3) is 0.250. The number of aromatic amines is 1. The van der Waals surface area contributed by atoms with Gasteiger partial charge < -0.3 is 14.5 Å². The topological polar surface area (TPSA) is 66.8 Å². The van der Waals surface area contributed by atoms with Crippen molar-refractivity contribution in [2.75, 3.05) is 6.54 Å². The Kier molecular flexibility index (Phi) is 3.48. The van der Waals surface area contributed by atoms with Crippen molar-refractivity contribution in [1.29, 1.82) is 0 Å². The van der Waals surface area contributed by atoms with Crippen molar-refractivity contribution in [3.8, 4) is 0 Å². The van der Waals surface area contributed by atoms with E-state index in [-0.39, 0.29) is 11.9 Å². The van der Waals surface area contributed by atoms with Gasteiger partial charge in [-0.3, -0.25) is 4.79 Å². The van der Waals surface area contributed by atoms with Crippen LogP contribution in [0.15, 0.2) is 55.1 Å². The van der Waals surface area contributed by atoms with Crippen LogP contribution in [-0.2, 0) is 11.3 Å². The first-order chi connectivity index (χ1) is 12.8. The molecule has 1 fully saturated rings. The Bertz CT molecular complexity index is 1080. The second-order valence-corrected chi connectivity index (χ2v) is 6.83. The average Bonchev–Trinajstić information content (AvgIpc) is 3.30. The normalized spacial score (nSPS) is 18.1. The zero-order valence-electron chi connectivity index (χ0n) is 14.3. The molecule has 1 aromatic carbocycles. The lowest BCUT2D eigenvalue weighted by Crippen LogP contribution is -2.38. The Hall–Kier alpha value is -3.15. The maximum absolute atomic E-state index is 12.7. The summed E-state index contributed by atoms with van der Waals surface area (Å²) in [6.45, 7) is 1.45. The van der Waals surface area contributed by atoms with Crippen LogP contribution in [0.4, 0.5) is 0 Å². The summed E-state index contributed by atoms with van der Waals surface area (Å²) in [7, 11) is 0. The summed E-state index contributed by atoms with van der Waals surface area (Å²) in [5.74, 6) is 0.200. The summed E-state index contributed by atoms with van der Waals surface area (Å²) in [6, 6.07) is 12.3. The monoisotopic (exact) mass is 345 g/mol. The molecule has 6 heteroatoms. The number of imidazole rings is 1. The van der Waals surface area contributed by atoms with Crippen LogP contribution >= 0.6 is 0 Å². The van der Waals surface area contributed by atoms with Crippen LogP contribution in [0.25, 0.3) is 22.1 Å². The second-order valence-electron chi connectivity index (χ2n) is 6.83. The van der Waals surface area contributed by atoms with Crippen LogP contribution in [0.1, 0.15) is 24.4 Å². The Morgan fingerprint density at radius 3 is 2.88 bits per heavy atom. The number of carbonyl (C=O) groups is 1. The number of pyridine rings is 1.